The molecule has 0 saturated heterocycles. The summed E-state index contributed by atoms with van der Waals surface area (Å²) in [5.74, 6) is -1.14. The summed E-state index contributed by atoms with van der Waals surface area (Å²) in [4.78, 5) is 24.7. The van der Waals surface area contributed by atoms with E-state index in [1.165, 1.54) is 23.2 Å². The number of hydrogen-bond donors (Lipinski definition) is 1. The van der Waals surface area contributed by atoms with Crippen molar-refractivity contribution in [2.75, 3.05) is 0 Å². The van der Waals surface area contributed by atoms with E-state index in [4.69, 9.17) is 5.11 Å². The third-order valence-electron chi connectivity index (χ3n) is 2.55. The highest BCUT2D eigenvalue weighted by Gasteiger charge is 2.15. The van der Waals surface area contributed by atoms with E-state index in [1.54, 1.807) is 19.1 Å². The van der Waals surface area contributed by atoms with Crippen molar-refractivity contribution in [3.8, 4) is 5.69 Å². The Balaban J connectivity index is 2.53. The largest absolute Gasteiger partial charge is 0.476 e. The van der Waals surface area contributed by atoms with Crippen LogP contribution in [0, 0.1) is 17.0 Å². The molecule has 0 fully saturated rings. The molecule has 2 aromatic rings. The number of imidazole rings is 1. The van der Waals surface area contributed by atoms with E-state index in [2.05, 4.69) is 4.98 Å². The fourth-order valence-electron chi connectivity index (χ4n) is 1.65. The molecular formula is C11H9N3O4. The van der Waals surface area contributed by atoms with E-state index in [1.807, 2.05) is 0 Å². The lowest BCUT2D eigenvalue weighted by molar-refractivity contribution is -0.385. The molecular weight excluding hydrogens is 238 g/mol. The first kappa shape index (κ1) is 11.8. The monoisotopic (exact) mass is 247 g/mol. The molecule has 1 N–H and O–H groups in total. The second-order valence-electron chi connectivity index (χ2n) is 3.65. The molecule has 0 radical (unpaired) electrons. The predicted octanol–water partition coefficient (Wildman–Crippen LogP) is 1.79. The van der Waals surface area contributed by atoms with Crippen LogP contribution in [0.1, 0.15) is 16.1 Å². The highest BCUT2D eigenvalue weighted by atomic mass is 16.6. The van der Waals surface area contributed by atoms with Crippen LogP contribution in [-0.4, -0.2) is 25.6 Å². The summed E-state index contributed by atoms with van der Waals surface area (Å²) in [6.07, 6.45) is 2.63. The van der Waals surface area contributed by atoms with Gasteiger partial charge in [0, 0.05) is 12.3 Å². The molecule has 0 aliphatic carbocycles. The van der Waals surface area contributed by atoms with Crippen molar-refractivity contribution in [2.24, 2.45) is 0 Å². The summed E-state index contributed by atoms with van der Waals surface area (Å²) >= 11 is 0. The SMILES string of the molecule is Cc1c(-n2cnc(C(=O)O)c2)cccc1[N+](=O)[O-]. The van der Waals surface area contributed by atoms with Crippen molar-refractivity contribution >= 4 is 11.7 Å². The Hall–Kier alpha value is -2.70. The van der Waals surface area contributed by atoms with E-state index >= 15 is 0 Å². The van der Waals surface area contributed by atoms with Gasteiger partial charge in [-0.25, -0.2) is 9.78 Å². The van der Waals surface area contributed by atoms with Crippen molar-refractivity contribution in [1.82, 2.24) is 9.55 Å². The van der Waals surface area contributed by atoms with Gasteiger partial charge in [-0.05, 0) is 13.0 Å². The van der Waals surface area contributed by atoms with Crippen LogP contribution < -0.4 is 0 Å². The molecule has 2 rings (SSSR count). The fourth-order valence-corrected chi connectivity index (χ4v) is 1.65. The molecule has 92 valence electrons. The molecule has 0 amide bonds. The van der Waals surface area contributed by atoms with E-state index in [-0.39, 0.29) is 11.4 Å². The molecule has 0 unspecified atom stereocenters. The molecule has 0 aliphatic rings. The molecule has 7 heteroatoms. The van der Waals surface area contributed by atoms with E-state index < -0.39 is 10.9 Å². The highest BCUT2D eigenvalue weighted by molar-refractivity contribution is 5.85. The summed E-state index contributed by atoms with van der Waals surface area (Å²) in [5, 5.41) is 19.6. The van der Waals surface area contributed by atoms with Crippen molar-refractivity contribution in [3.63, 3.8) is 0 Å². The summed E-state index contributed by atoms with van der Waals surface area (Å²) in [7, 11) is 0. The summed E-state index contributed by atoms with van der Waals surface area (Å²) < 4.78 is 1.45. The molecule has 0 bridgehead atoms. The molecule has 0 spiro atoms. The van der Waals surface area contributed by atoms with Gasteiger partial charge in [-0.3, -0.25) is 10.1 Å². The molecule has 18 heavy (non-hydrogen) atoms. The molecule has 1 heterocycles. The van der Waals surface area contributed by atoms with Crippen LogP contribution >= 0.6 is 0 Å². The van der Waals surface area contributed by atoms with E-state index in [9.17, 15) is 14.9 Å². The van der Waals surface area contributed by atoms with Gasteiger partial charge in [0.2, 0.25) is 0 Å². The lowest BCUT2D eigenvalue weighted by Gasteiger charge is -2.06. The maximum absolute atomic E-state index is 10.8. The first-order valence-electron chi connectivity index (χ1n) is 5.02. The van der Waals surface area contributed by atoms with Crippen LogP contribution in [0.3, 0.4) is 0 Å². The third kappa shape index (κ3) is 1.93. The number of carboxylic acid groups (broad SMARTS) is 1. The lowest BCUT2D eigenvalue weighted by atomic mass is 10.1. The topological polar surface area (TPSA) is 98.3 Å². The Labute approximate surface area is 101 Å². The van der Waals surface area contributed by atoms with Crippen LogP contribution in [0.25, 0.3) is 5.69 Å². The van der Waals surface area contributed by atoms with Crippen LogP contribution in [0.15, 0.2) is 30.7 Å². The summed E-state index contributed by atoms with van der Waals surface area (Å²) in [6, 6.07) is 4.60. The first-order chi connectivity index (χ1) is 8.50. The molecule has 1 aromatic carbocycles. The summed E-state index contributed by atoms with van der Waals surface area (Å²) in [6.45, 7) is 1.61. The van der Waals surface area contributed by atoms with Gasteiger partial charge >= 0.3 is 5.97 Å². The number of aromatic carboxylic acids is 1. The number of rotatable bonds is 3. The Kier molecular flexibility index (Phi) is 2.80. The van der Waals surface area contributed by atoms with Crippen LogP contribution in [-0.2, 0) is 0 Å². The van der Waals surface area contributed by atoms with Gasteiger partial charge in [-0.2, -0.15) is 0 Å². The number of benzene rings is 1. The van der Waals surface area contributed by atoms with Gasteiger partial charge in [0.15, 0.2) is 5.69 Å². The van der Waals surface area contributed by atoms with Gasteiger partial charge in [-0.1, -0.05) is 6.07 Å². The Morgan fingerprint density at radius 1 is 1.50 bits per heavy atom. The van der Waals surface area contributed by atoms with Crippen LogP contribution in [0.5, 0.6) is 0 Å². The van der Waals surface area contributed by atoms with Gasteiger partial charge in [0.1, 0.15) is 6.33 Å². The Morgan fingerprint density at radius 2 is 2.22 bits per heavy atom. The first-order valence-corrected chi connectivity index (χ1v) is 5.02. The quantitative estimate of drug-likeness (QED) is 0.658. The van der Waals surface area contributed by atoms with Gasteiger partial charge in [-0.15, -0.1) is 0 Å². The Bertz CT molecular complexity index is 633. The number of nitro benzene ring substituents is 1. The van der Waals surface area contributed by atoms with Crippen LogP contribution in [0.4, 0.5) is 5.69 Å². The molecule has 1 aromatic heterocycles. The molecule has 0 atom stereocenters. The number of nitrogens with zero attached hydrogens (tertiary/aromatic N) is 3. The standard InChI is InChI=1S/C11H9N3O4/c1-7-9(3-2-4-10(7)14(17)18)13-5-8(11(15)16)12-6-13/h2-6H,1H3,(H,15,16). The number of nitro groups is 1. The maximum atomic E-state index is 10.8. The second kappa shape index (κ2) is 4.28. The van der Waals surface area contributed by atoms with Crippen LogP contribution in [0.2, 0.25) is 0 Å². The zero-order valence-electron chi connectivity index (χ0n) is 9.40. The number of carbonyl (C=O) groups is 1. The zero-order chi connectivity index (χ0) is 13.3. The minimum atomic E-state index is -1.14. The normalized spacial score (nSPS) is 10.3. The van der Waals surface area contributed by atoms with Crippen molar-refractivity contribution in [2.45, 2.75) is 6.92 Å². The highest BCUT2D eigenvalue weighted by Crippen LogP contribution is 2.24. The van der Waals surface area contributed by atoms with Crippen molar-refractivity contribution in [3.05, 3.63) is 52.1 Å². The average Bonchev–Trinajstić information content (AvgIpc) is 2.78. The molecule has 7 nitrogen and oxygen atoms in total. The fraction of sp³-hybridized carbons (Fsp3) is 0.0909. The van der Waals surface area contributed by atoms with E-state index in [0.717, 1.165) is 0 Å². The Morgan fingerprint density at radius 3 is 2.78 bits per heavy atom. The van der Waals surface area contributed by atoms with Crippen molar-refractivity contribution < 1.29 is 14.8 Å². The maximum Gasteiger partial charge on any atom is 0.356 e. The number of carboxylic acids is 1. The predicted molar refractivity (Wildman–Crippen MR) is 61.9 cm³/mol. The minimum Gasteiger partial charge on any atom is -0.476 e. The average molecular weight is 247 g/mol. The number of hydrogen-bond acceptors (Lipinski definition) is 4. The van der Waals surface area contributed by atoms with Crippen molar-refractivity contribution in [1.29, 1.82) is 0 Å². The smallest absolute Gasteiger partial charge is 0.356 e. The molecule has 0 aliphatic heterocycles. The third-order valence-corrected chi connectivity index (χ3v) is 2.55. The molecule has 0 saturated carbocycles. The number of aromatic nitrogens is 2. The lowest BCUT2D eigenvalue weighted by Crippen LogP contribution is -1.99. The minimum absolute atomic E-state index is 0.0157. The van der Waals surface area contributed by atoms with Gasteiger partial charge in [0.25, 0.3) is 5.69 Å². The van der Waals surface area contributed by atoms with Gasteiger partial charge < -0.3 is 9.67 Å². The summed E-state index contributed by atoms with van der Waals surface area (Å²) in [5.41, 5.74) is 0.861. The van der Waals surface area contributed by atoms with E-state index in [0.29, 0.717) is 11.3 Å². The second-order valence-corrected chi connectivity index (χ2v) is 3.65. The zero-order valence-corrected chi connectivity index (χ0v) is 9.40. The van der Waals surface area contributed by atoms with Gasteiger partial charge in [0.05, 0.1) is 16.2 Å².